The highest BCUT2D eigenvalue weighted by Crippen LogP contribution is 2.30. The summed E-state index contributed by atoms with van der Waals surface area (Å²) < 4.78 is 40.4. The van der Waals surface area contributed by atoms with E-state index < -0.39 is 23.1 Å². The van der Waals surface area contributed by atoms with Crippen LogP contribution < -0.4 is 5.43 Å². The molecule has 0 N–H and O–H groups in total. The standard InChI is InChI=1S/C22H20F3N3O2S/c1-14-11-19(29)20(21(30)27(2)13-15-7-9-18(31-3)10-8-15)26-28(14)17-6-4-5-16(12-17)22(23,24)25/h4-12H,13H2,1-3H3. The summed E-state index contributed by atoms with van der Waals surface area (Å²) in [5.41, 5.74) is -0.489. The number of benzene rings is 2. The fourth-order valence-electron chi connectivity index (χ4n) is 3.03. The number of thioether (sulfide) groups is 1. The topological polar surface area (TPSA) is 55.2 Å². The van der Waals surface area contributed by atoms with Crippen LogP contribution >= 0.6 is 11.8 Å². The van der Waals surface area contributed by atoms with Crippen LogP contribution in [0.15, 0.2) is 64.3 Å². The number of halogens is 3. The molecule has 5 nitrogen and oxygen atoms in total. The molecule has 0 radical (unpaired) electrons. The van der Waals surface area contributed by atoms with Gasteiger partial charge in [-0.25, -0.2) is 4.68 Å². The summed E-state index contributed by atoms with van der Waals surface area (Å²) in [7, 11) is 1.54. The summed E-state index contributed by atoms with van der Waals surface area (Å²) in [5.74, 6) is -0.611. The molecule has 9 heteroatoms. The lowest BCUT2D eigenvalue weighted by molar-refractivity contribution is -0.137. The minimum atomic E-state index is -4.52. The molecule has 2 aromatic carbocycles. The number of amides is 1. The number of carbonyl (C=O) groups excluding carboxylic acids is 1. The number of aryl methyl sites for hydroxylation is 1. The van der Waals surface area contributed by atoms with E-state index in [1.165, 1.54) is 27.8 Å². The average Bonchev–Trinajstić information content (AvgIpc) is 2.73. The Hall–Kier alpha value is -3.07. The summed E-state index contributed by atoms with van der Waals surface area (Å²) in [6.07, 6.45) is -2.56. The minimum Gasteiger partial charge on any atom is -0.336 e. The van der Waals surface area contributed by atoms with E-state index in [9.17, 15) is 22.8 Å². The molecule has 1 aromatic heterocycles. The summed E-state index contributed by atoms with van der Waals surface area (Å²) in [4.78, 5) is 27.7. The first-order chi connectivity index (χ1) is 14.6. The smallest absolute Gasteiger partial charge is 0.336 e. The third-order valence-corrected chi connectivity index (χ3v) is 5.40. The number of hydrogen-bond acceptors (Lipinski definition) is 4. The number of hydrogen-bond donors (Lipinski definition) is 0. The number of carbonyl (C=O) groups is 1. The van der Waals surface area contributed by atoms with Crippen molar-refractivity contribution < 1.29 is 18.0 Å². The number of rotatable bonds is 5. The molecule has 3 rings (SSSR count). The largest absolute Gasteiger partial charge is 0.416 e. The van der Waals surface area contributed by atoms with Crippen molar-refractivity contribution in [2.24, 2.45) is 0 Å². The Balaban J connectivity index is 1.93. The van der Waals surface area contributed by atoms with Crippen LogP contribution in [0.3, 0.4) is 0 Å². The quantitative estimate of drug-likeness (QED) is 0.539. The number of nitrogens with zero attached hydrogens (tertiary/aromatic N) is 3. The molecule has 0 atom stereocenters. The lowest BCUT2D eigenvalue weighted by atomic mass is 10.2. The van der Waals surface area contributed by atoms with Gasteiger partial charge in [0.1, 0.15) is 0 Å². The van der Waals surface area contributed by atoms with Crippen molar-refractivity contribution in [1.29, 1.82) is 0 Å². The molecular weight excluding hydrogens is 427 g/mol. The van der Waals surface area contributed by atoms with Crippen LogP contribution in [0.25, 0.3) is 5.69 Å². The number of aromatic nitrogens is 2. The molecule has 0 aliphatic carbocycles. The van der Waals surface area contributed by atoms with Gasteiger partial charge in [0, 0.05) is 30.2 Å². The first kappa shape index (κ1) is 22.6. The van der Waals surface area contributed by atoms with E-state index in [0.717, 1.165) is 22.6 Å². The zero-order chi connectivity index (χ0) is 22.8. The van der Waals surface area contributed by atoms with Crippen LogP contribution in [0.2, 0.25) is 0 Å². The molecule has 162 valence electrons. The van der Waals surface area contributed by atoms with Gasteiger partial charge >= 0.3 is 6.18 Å². The Labute approximate surface area is 181 Å². The highest BCUT2D eigenvalue weighted by atomic mass is 32.2. The Bertz CT molecular complexity index is 1160. The fraction of sp³-hybridized carbons (Fsp3) is 0.227. The average molecular weight is 447 g/mol. The van der Waals surface area contributed by atoms with Crippen molar-refractivity contribution >= 4 is 17.7 Å². The predicted molar refractivity (Wildman–Crippen MR) is 114 cm³/mol. The van der Waals surface area contributed by atoms with Crippen LogP contribution in [-0.2, 0) is 12.7 Å². The molecule has 31 heavy (non-hydrogen) atoms. The van der Waals surface area contributed by atoms with Crippen LogP contribution in [-0.4, -0.2) is 33.9 Å². The van der Waals surface area contributed by atoms with Crippen LogP contribution in [0.5, 0.6) is 0 Å². The molecular formula is C22H20F3N3O2S. The van der Waals surface area contributed by atoms with Crippen LogP contribution in [0.4, 0.5) is 13.2 Å². The van der Waals surface area contributed by atoms with Gasteiger partial charge in [0.15, 0.2) is 5.69 Å². The Kier molecular flexibility index (Phi) is 6.54. The van der Waals surface area contributed by atoms with E-state index in [4.69, 9.17) is 0 Å². The van der Waals surface area contributed by atoms with Gasteiger partial charge in [0.2, 0.25) is 5.43 Å². The van der Waals surface area contributed by atoms with Gasteiger partial charge in [-0.3, -0.25) is 9.59 Å². The van der Waals surface area contributed by atoms with Gasteiger partial charge in [0.25, 0.3) is 5.91 Å². The van der Waals surface area contributed by atoms with Crippen molar-refractivity contribution in [2.75, 3.05) is 13.3 Å². The van der Waals surface area contributed by atoms with E-state index in [1.807, 2.05) is 30.5 Å². The van der Waals surface area contributed by atoms with Crippen molar-refractivity contribution in [3.05, 3.63) is 87.3 Å². The molecule has 0 saturated heterocycles. The van der Waals surface area contributed by atoms with Gasteiger partial charge < -0.3 is 4.90 Å². The first-order valence-electron chi connectivity index (χ1n) is 9.27. The maximum atomic E-state index is 13.1. The Morgan fingerprint density at radius 1 is 1.13 bits per heavy atom. The lowest BCUT2D eigenvalue weighted by Gasteiger charge is -2.18. The van der Waals surface area contributed by atoms with E-state index in [1.54, 1.807) is 25.7 Å². The number of alkyl halides is 3. The summed E-state index contributed by atoms with van der Waals surface area (Å²) in [5, 5.41) is 4.10. The van der Waals surface area contributed by atoms with Crippen molar-refractivity contribution in [3.8, 4) is 5.69 Å². The van der Waals surface area contributed by atoms with Gasteiger partial charge in [-0.05, 0) is 49.1 Å². The second kappa shape index (κ2) is 8.97. The minimum absolute atomic E-state index is 0.108. The maximum absolute atomic E-state index is 13.1. The van der Waals surface area contributed by atoms with Crippen molar-refractivity contribution in [2.45, 2.75) is 24.5 Å². The maximum Gasteiger partial charge on any atom is 0.416 e. The summed E-state index contributed by atoms with van der Waals surface area (Å²) >= 11 is 1.60. The van der Waals surface area contributed by atoms with E-state index in [-0.39, 0.29) is 17.9 Å². The van der Waals surface area contributed by atoms with E-state index >= 15 is 0 Å². The summed E-state index contributed by atoms with van der Waals surface area (Å²) in [6.45, 7) is 1.80. The summed E-state index contributed by atoms with van der Waals surface area (Å²) in [6, 6.07) is 13.4. The predicted octanol–water partition coefficient (Wildman–Crippen LogP) is 4.55. The Morgan fingerprint density at radius 3 is 2.42 bits per heavy atom. The SMILES string of the molecule is CSc1ccc(CN(C)C(=O)c2nn(-c3cccc(C(F)(F)F)c3)c(C)cc2=O)cc1. The van der Waals surface area contributed by atoms with Gasteiger partial charge in [-0.2, -0.15) is 18.3 Å². The third kappa shape index (κ3) is 5.16. The Morgan fingerprint density at radius 2 is 1.81 bits per heavy atom. The van der Waals surface area contributed by atoms with Crippen molar-refractivity contribution in [3.63, 3.8) is 0 Å². The molecule has 0 saturated carbocycles. The molecule has 0 fully saturated rings. The first-order valence-corrected chi connectivity index (χ1v) is 10.5. The molecule has 1 heterocycles. The van der Waals surface area contributed by atoms with Crippen LogP contribution in [0.1, 0.15) is 27.3 Å². The molecule has 1 amide bonds. The molecule has 0 unspecified atom stereocenters. The monoisotopic (exact) mass is 447 g/mol. The zero-order valence-electron chi connectivity index (χ0n) is 17.1. The zero-order valence-corrected chi connectivity index (χ0v) is 17.9. The van der Waals surface area contributed by atoms with Crippen LogP contribution in [0, 0.1) is 6.92 Å². The van der Waals surface area contributed by atoms with Crippen molar-refractivity contribution in [1.82, 2.24) is 14.7 Å². The second-order valence-electron chi connectivity index (χ2n) is 6.97. The van der Waals surface area contributed by atoms with Gasteiger partial charge in [-0.1, -0.05) is 18.2 Å². The molecule has 0 aliphatic rings. The lowest BCUT2D eigenvalue weighted by Crippen LogP contribution is -2.33. The third-order valence-electron chi connectivity index (χ3n) is 4.65. The highest BCUT2D eigenvalue weighted by molar-refractivity contribution is 7.98. The van der Waals surface area contributed by atoms with Gasteiger partial charge in [-0.15, -0.1) is 11.8 Å². The molecule has 0 spiro atoms. The molecule has 3 aromatic rings. The van der Waals surface area contributed by atoms with E-state index in [0.29, 0.717) is 5.69 Å². The highest BCUT2D eigenvalue weighted by Gasteiger charge is 2.30. The normalized spacial score (nSPS) is 11.4. The van der Waals surface area contributed by atoms with Gasteiger partial charge in [0.05, 0.1) is 11.3 Å². The molecule has 0 aliphatic heterocycles. The fourth-order valence-corrected chi connectivity index (χ4v) is 3.44. The molecule has 0 bridgehead atoms. The van der Waals surface area contributed by atoms with E-state index in [2.05, 4.69) is 5.10 Å². The second-order valence-corrected chi connectivity index (χ2v) is 7.85.